The predicted octanol–water partition coefficient (Wildman–Crippen LogP) is 4.53. The van der Waals surface area contributed by atoms with E-state index in [0.717, 1.165) is 49.6 Å². The summed E-state index contributed by atoms with van der Waals surface area (Å²) in [4.78, 5) is 14.6. The van der Waals surface area contributed by atoms with Crippen LogP contribution in [0, 0.1) is 11.8 Å². The van der Waals surface area contributed by atoms with Crippen LogP contribution in [0.2, 0.25) is 0 Å². The van der Waals surface area contributed by atoms with Crippen molar-refractivity contribution in [1.82, 2.24) is 4.90 Å². The van der Waals surface area contributed by atoms with Crippen LogP contribution in [0.4, 0.5) is 10.5 Å². The normalized spacial score (nSPS) is 28.7. The van der Waals surface area contributed by atoms with Crippen LogP contribution in [0.25, 0.3) is 0 Å². The van der Waals surface area contributed by atoms with Gasteiger partial charge in [-0.15, -0.1) is 0 Å². The Balaban J connectivity index is 1.44. The second-order valence-corrected chi connectivity index (χ2v) is 8.03. The van der Waals surface area contributed by atoms with E-state index in [1.165, 1.54) is 12.8 Å². The second-order valence-electron chi connectivity index (χ2n) is 8.03. The molecule has 1 aliphatic carbocycles. The van der Waals surface area contributed by atoms with Crippen molar-refractivity contribution in [3.63, 3.8) is 0 Å². The number of amides is 1. The molecule has 1 saturated heterocycles. The molecule has 4 heteroatoms. The van der Waals surface area contributed by atoms with Gasteiger partial charge in [0.05, 0.1) is 5.69 Å². The van der Waals surface area contributed by atoms with Gasteiger partial charge in [0.2, 0.25) is 0 Å². The maximum absolute atomic E-state index is 12.0. The summed E-state index contributed by atoms with van der Waals surface area (Å²) in [6.07, 6.45) is 6.44. The number of rotatable bonds is 2. The SMILES string of the molecule is CC1=CC(C)C(CN2CCC3(CC2)OC(=O)Nc2ccccc23)CC1. The van der Waals surface area contributed by atoms with Crippen LogP contribution in [0.1, 0.15) is 45.1 Å². The van der Waals surface area contributed by atoms with Gasteiger partial charge in [0, 0.05) is 38.0 Å². The third-order valence-electron chi connectivity index (χ3n) is 6.30. The minimum atomic E-state index is -0.440. The van der Waals surface area contributed by atoms with Crippen molar-refractivity contribution in [2.45, 2.75) is 45.1 Å². The number of carbonyl (C=O) groups excluding carboxylic acids is 1. The van der Waals surface area contributed by atoms with E-state index in [1.54, 1.807) is 5.57 Å². The van der Waals surface area contributed by atoms with Gasteiger partial charge in [-0.05, 0) is 37.7 Å². The number of anilines is 1. The van der Waals surface area contributed by atoms with Crippen molar-refractivity contribution >= 4 is 11.8 Å². The molecular weight excluding hydrogens is 312 g/mol. The standard InChI is InChI=1S/C21H28N2O2/c1-15-7-8-17(16(2)13-15)14-23-11-9-21(10-12-23)18-5-3-4-6-19(18)22-20(24)25-21/h3-6,13,16-17H,7-12,14H2,1-2H3,(H,22,24). The molecule has 3 aliphatic rings. The van der Waals surface area contributed by atoms with Crippen molar-refractivity contribution in [2.75, 3.05) is 25.0 Å². The van der Waals surface area contributed by atoms with Gasteiger partial charge >= 0.3 is 6.09 Å². The van der Waals surface area contributed by atoms with Gasteiger partial charge in [-0.1, -0.05) is 36.8 Å². The smallest absolute Gasteiger partial charge is 0.412 e. The Hall–Kier alpha value is -1.81. The summed E-state index contributed by atoms with van der Waals surface area (Å²) in [7, 11) is 0. The van der Waals surface area contributed by atoms with Crippen LogP contribution in [0.15, 0.2) is 35.9 Å². The molecular formula is C21H28N2O2. The van der Waals surface area contributed by atoms with Crippen LogP contribution < -0.4 is 5.32 Å². The first-order valence-corrected chi connectivity index (χ1v) is 9.55. The van der Waals surface area contributed by atoms with Crippen molar-refractivity contribution < 1.29 is 9.53 Å². The third-order valence-corrected chi connectivity index (χ3v) is 6.30. The number of benzene rings is 1. The van der Waals surface area contributed by atoms with E-state index in [4.69, 9.17) is 4.74 Å². The molecule has 0 saturated carbocycles. The van der Waals surface area contributed by atoms with Crippen LogP contribution in [-0.2, 0) is 10.3 Å². The number of nitrogens with zero attached hydrogens (tertiary/aromatic N) is 1. The summed E-state index contributed by atoms with van der Waals surface area (Å²) in [5, 5.41) is 2.84. The van der Waals surface area contributed by atoms with E-state index < -0.39 is 5.60 Å². The maximum atomic E-state index is 12.0. The van der Waals surface area contributed by atoms with E-state index >= 15 is 0 Å². The first-order chi connectivity index (χ1) is 12.1. The molecule has 1 N–H and O–H groups in total. The lowest BCUT2D eigenvalue weighted by Gasteiger charge is -2.45. The Kier molecular flexibility index (Phi) is 4.32. The Bertz CT molecular complexity index is 689. The minimum Gasteiger partial charge on any atom is -0.438 e. The Morgan fingerprint density at radius 2 is 2.04 bits per heavy atom. The van der Waals surface area contributed by atoms with Crippen LogP contribution >= 0.6 is 0 Å². The third kappa shape index (κ3) is 3.20. The number of carbonyl (C=O) groups is 1. The van der Waals surface area contributed by atoms with Crippen LogP contribution in [-0.4, -0.2) is 30.6 Å². The van der Waals surface area contributed by atoms with Crippen molar-refractivity contribution in [1.29, 1.82) is 0 Å². The van der Waals surface area contributed by atoms with E-state index in [2.05, 4.69) is 36.2 Å². The van der Waals surface area contributed by atoms with Crippen LogP contribution in [0.3, 0.4) is 0 Å². The van der Waals surface area contributed by atoms with Gasteiger partial charge in [0.15, 0.2) is 0 Å². The Morgan fingerprint density at radius 1 is 1.28 bits per heavy atom. The first-order valence-electron chi connectivity index (χ1n) is 9.55. The molecule has 2 heterocycles. The molecule has 1 fully saturated rings. The quantitative estimate of drug-likeness (QED) is 0.804. The van der Waals surface area contributed by atoms with Crippen molar-refractivity contribution in [2.24, 2.45) is 11.8 Å². The number of likely N-dealkylation sites (tertiary alicyclic amines) is 1. The molecule has 2 atom stereocenters. The Labute approximate surface area is 150 Å². The number of fused-ring (bicyclic) bond motifs is 2. The zero-order chi connectivity index (χ0) is 17.4. The number of nitrogens with one attached hydrogen (secondary N) is 1. The van der Waals surface area contributed by atoms with E-state index in [9.17, 15) is 4.79 Å². The summed E-state index contributed by atoms with van der Waals surface area (Å²) in [5.74, 6) is 1.42. The highest BCUT2D eigenvalue weighted by Gasteiger charge is 2.44. The average Bonchev–Trinajstić information content (AvgIpc) is 2.59. The van der Waals surface area contributed by atoms with Gasteiger partial charge in [0.25, 0.3) is 0 Å². The molecule has 4 nitrogen and oxygen atoms in total. The molecule has 0 bridgehead atoms. The number of hydrogen-bond acceptors (Lipinski definition) is 3. The minimum absolute atomic E-state index is 0.311. The molecule has 1 aromatic carbocycles. The van der Waals surface area contributed by atoms with E-state index in [1.807, 2.05) is 18.2 Å². The highest BCUT2D eigenvalue weighted by atomic mass is 16.6. The molecule has 1 aromatic rings. The monoisotopic (exact) mass is 340 g/mol. The number of para-hydroxylation sites is 1. The maximum Gasteiger partial charge on any atom is 0.412 e. The molecule has 2 aliphatic heterocycles. The largest absolute Gasteiger partial charge is 0.438 e. The molecule has 0 aromatic heterocycles. The van der Waals surface area contributed by atoms with Gasteiger partial charge in [0.1, 0.15) is 5.60 Å². The molecule has 1 amide bonds. The molecule has 25 heavy (non-hydrogen) atoms. The topological polar surface area (TPSA) is 41.6 Å². The number of piperidine rings is 1. The fraction of sp³-hybridized carbons (Fsp3) is 0.571. The second kappa shape index (κ2) is 6.49. The molecule has 2 unspecified atom stereocenters. The van der Waals surface area contributed by atoms with Crippen LogP contribution in [0.5, 0.6) is 0 Å². The lowest BCUT2D eigenvalue weighted by atomic mass is 9.79. The van der Waals surface area contributed by atoms with Gasteiger partial charge < -0.3 is 9.64 Å². The first kappa shape index (κ1) is 16.6. The average molecular weight is 340 g/mol. The molecule has 0 radical (unpaired) electrons. The molecule has 1 spiro atoms. The highest BCUT2D eigenvalue weighted by molar-refractivity contribution is 5.88. The van der Waals surface area contributed by atoms with Gasteiger partial charge in [-0.25, -0.2) is 4.79 Å². The lowest BCUT2D eigenvalue weighted by Crippen LogP contribution is -2.49. The van der Waals surface area contributed by atoms with Gasteiger partial charge in [-0.3, -0.25) is 5.32 Å². The van der Waals surface area contributed by atoms with Crippen molar-refractivity contribution in [3.8, 4) is 0 Å². The zero-order valence-electron chi connectivity index (χ0n) is 15.3. The summed E-state index contributed by atoms with van der Waals surface area (Å²) < 4.78 is 5.83. The highest BCUT2D eigenvalue weighted by Crippen LogP contribution is 2.43. The lowest BCUT2D eigenvalue weighted by molar-refractivity contribution is -0.0412. The number of allylic oxidation sites excluding steroid dienone is 2. The van der Waals surface area contributed by atoms with Crippen molar-refractivity contribution in [3.05, 3.63) is 41.5 Å². The summed E-state index contributed by atoms with van der Waals surface area (Å²) in [6.45, 7) is 7.75. The number of ether oxygens (including phenoxy) is 1. The zero-order valence-corrected chi connectivity index (χ0v) is 15.3. The van der Waals surface area contributed by atoms with Gasteiger partial charge in [-0.2, -0.15) is 0 Å². The fourth-order valence-electron chi connectivity index (χ4n) is 4.76. The summed E-state index contributed by atoms with van der Waals surface area (Å²) in [6, 6.07) is 8.07. The molecule has 4 rings (SSSR count). The Morgan fingerprint density at radius 3 is 2.80 bits per heavy atom. The van der Waals surface area contributed by atoms with E-state index in [-0.39, 0.29) is 6.09 Å². The molecule has 134 valence electrons. The van der Waals surface area contributed by atoms with E-state index in [0.29, 0.717) is 5.92 Å². The predicted molar refractivity (Wildman–Crippen MR) is 99.5 cm³/mol. The fourth-order valence-corrected chi connectivity index (χ4v) is 4.76. The number of hydrogen-bond donors (Lipinski definition) is 1. The summed E-state index contributed by atoms with van der Waals surface area (Å²) >= 11 is 0. The summed E-state index contributed by atoms with van der Waals surface area (Å²) in [5.41, 5.74) is 3.15.